The minimum atomic E-state index is -3.43. The van der Waals surface area contributed by atoms with Gasteiger partial charge in [-0.05, 0) is 6.07 Å². The SMILES string of the molecule is O=C(O)CC(F)(F)c1ccccc1Cl. The molecule has 0 aliphatic carbocycles. The van der Waals surface area contributed by atoms with Crippen molar-refractivity contribution in [3.8, 4) is 0 Å². The van der Waals surface area contributed by atoms with E-state index in [0.717, 1.165) is 6.07 Å². The summed E-state index contributed by atoms with van der Waals surface area (Å²) in [5, 5.41) is 8.15. The van der Waals surface area contributed by atoms with Crippen LogP contribution in [0.2, 0.25) is 5.02 Å². The minimum Gasteiger partial charge on any atom is -0.481 e. The van der Waals surface area contributed by atoms with Crippen molar-refractivity contribution in [2.45, 2.75) is 12.3 Å². The Balaban J connectivity index is 3.03. The van der Waals surface area contributed by atoms with Crippen LogP contribution in [0.4, 0.5) is 8.78 Å². The Labute approximate surface area is 84.1 Å². The Kier molecular flexibility index (Phi) is 3.06. The molecule has 0 aliphatic rings. The van der Waals surface area contributed by atoms with E-state index in [4.69, 9.17) is 16.7 Å². The maximum atomic E-state index is 13.2. The molecule has 0 fully saturated rings. The van der Waals surface area contributed by atoms with Gasteiger partial charge >= 0.3 is 5.97 Å². The van der Waals surface area contributed by atoms with Crippen molar-refractivity contribution >= 4 is 17.6 Å². The maximum Gasteiger partial charge on any atom is 0.309 e. The first-order valence-corrected chi connectivity index (χ1v) is 4.16. The quantitative estimate of drug-likeness (QED) is 0.851. The highest BCUT2D eigenvalue weighted by molar-refractivity contribution is 6.31. The molecule has 0 atom stereocenters. The molecule has 0 bridgehead atoms. The largest absolute Gasteiger partial charge is 0.481 e. The molecule has 0 unspecified atom stereocenters. The molecule has 14 heavy (non-hydrogen) atoms. The Hall–Kier alpha value is -1.16. The van der Waals surface area contributed by atoms with Crippen molar-refractivity contribution in [2.75, 3.05) is 0 Å². The van der Waals surface area contributed by atoms with E-state index in [-0.39, 0.29) is 5.02 Å². The van der Waals surface area contributed by atoms with Gasteiger partial charge in [-0.25, -0.2) is 8.78 Å². The summed E-state index contributed by atoms with van der Waals surface area (Å²) in [6.07, 6.45) is -1.25. The van der Waals surface area contributed by atoms with Crippen molar-refractivity contribution in [2.24, 2.45) is 0 Å². The van der Waals surface area contributed by atoms with Gasteiger partial charge in [-0.2, -0.15) is 0 Å². The van der Waals surface area contributed by atoms with Gasteiger partial charge in [0.1, 0.15) is 6.42 Å². The number of carboxylic acid groups (broad SMARTS) is 1. The summed E-state index contributed by atoms with van der Waals surface area (Å²) in [4.78, 5) is 10.2. The van der Waals surface area contributed by atoms with Crippen molar-refractivity contribution in [1.82, 2.24) is 0 Å². The van der Waals surface area contributed by atoms with Gasteiger partial charge in [-0.15, -0.1) is 0 Å². The second-order valence-corrected chi connectivity index (χ2v) is 3.16. The molecule has 1 rings (SSSR count). The maximum absolute atomic E-state index is 13.2. The van der Waals surface area contributed by atoms with E-state index in [1.807, 2.05) is 0 Å². The fourth-order valence-electron chi connectivity index (χ4n) is 1.04. The second kappa shape index (κ2) is 3.92. The molecule has 5 heteroatoms. The predicted molar refractivity (Wildman–Crippen MR) is 47.6 cm³/mol. The van der Waals surface area contributed by atoms with Crippen LogP contribution in [0.1, 0.15) is 12.0 Å². The Morgan fingerprint density at radius 1 is 1.43 bits per heavy atom. The van der Waals surface area contributed by atoms with Crippen LogP contribution in [0.15, 0.2) is 24.3 Å². The molecule has 0 aromatic heterocycles. The fraction of sp³-hybridized carbons (Fsp3) is 0.222. The van der Waals surface area contributed by atoms with E-state index in [1.54, 1.807) is 0 Å². The van der Waals surface area contributed by atoms with Crippen molar-refractivity contribution in [1.29, 1.82) is 0 Å². The summed E-state index contributed by atoms with van der Waals surface area (Å²) in [7, 11) is 0. The first-order chi connectivity index (χ1) is 6.43. The Morgan fingerprint density at radius 2 is 2.00 bits per heavy atom. The molecular formula is C9H7ClF2O2. The van der Waals surface area contributed by atoms with Crippen LogP contribution in [0.5, 0.6) is 0 Å². The van der Waals surface area contributed by atoms with Crippen LogP contribution in [0.3, 0.4) is 0 Å². The average molecular weight is 221 g/mol. The lowest BCUT2D eigenvalue weighted by Gasteiger charge is -2.15. The summed E-state index contributed by atoms with van der Waals surface area (Å²) in [6, 6.07) is 5.30. The van der Waals surface area contributed by atoms with Gasteiger partial charge in [0.2, 0.25) is 0 Å². The van der Waals surface area contributed by atoms with Gasteiger partial charge in [-0.1, -0.05) is 29.8 Å². The van der Waals surface area contributed by atoms with Crippen LogP contribution in [-0.4, -0.2) is 11.1 Å². The number of halogens is 3. The Morgan fingerprint density at radius 3 is 2.50 bits per heavy atom. The minimum absolute atomic E-state index is 0.126. The van der Waals surface area contributed by atoms with Crippen LogP contribution in [-0.2, 0) is 10.7 Å². The summed E-state index contributed by atoms with van der Waals surface area (Å²) < 4.78 is 26.4. The number of aliphatic carboxylic acids is 1. The molecule has 0 saturated carbocycles. The molecule has 0 spiro atoms. The Bertz CT molecular complexity index is 352. The standard InChI is InChI=1S/C9H7ClF2O2/c10-7-4-2-1-3-6(7)9(11,12)5-8(13)14/h1-4H,5H2,(H,13,14). The number of carboxylic acids is 1. The third-order valence-electron chi connectivity index (χ3n) is 1.64. The van der Waals surface area contributed by atoms with E-state index in [0.29, 0.717) is 0 Å². The highest BCUT2D eigenvalue weighted by Gasteiger charge is 2.36. The number of rotatable bonds is 3. The first-order valence-electron chi connectivity index (χ1n) is 3.78. The zero-order valence-electron chi connectivity index (χ0n) is 7.01. The van der Waals surface area contributed by atoms with Crippen LogP contribution < -0.4 is 0 Å². The van der Waals surface area contributed by atoms with Crippen LogP contribution in [0, 0.1) is 0 Å². The van der Waals surface area contributed by atoms with Crippen molar-refractivity contribution < 1.29 is 18.7 Å². The van der Waals surface area contributed by atoms with E-state index in [9.17, 15) is 13.6 Å². The third-order valence-corrected chi connectivity index (χ3v) is 1.97. The molecular weight excluding hydrogens is 214 g/mol. The van der Waals surface area contributed by atoms with E-state index in [2.05, 4.69) is 0 Å². The van der Waals surface area contributed by atoms with Gasteiger partial charge in [0, 0.05) is 10.6 Å². The summed E-state index contributed by atoms with van der Waals surface area (Å²) in [5.41, 5.74) is -0.455. The number of alkyl halides is 2. The third kappa shape index (κ3) is 2.42. The highest BCUT2D eigenvalue weighted by Crippen LogP contribution is 2.35. The zero-order chi connectivity index (χ0) is 10.8. The first kappa shape index (κ1) is 10.9. The molecule has 1 N–H and O–H groups in total. The van der Waals surface area contributed by atoms with Gasteiger partial charge in [0.15, 0.2) is 0 Å². The molecule has 0 aliphatic heterocycles. The van der Waals surface area contributed by atoms with Crippen LogP contribution in [0.25, 0.3) is 0 Å². The lowest BCUT2D eigenvalue weighted by Crippen LogP contribution is -2.18. The molecule has 0 saturated heterocycles. The lowest BCUT2D eigenvalue weighted by atomic mass is 10.1. The number of benzene rings is 1. The fourth-order valence-corrected chi connectivity index (χ4v) is 1.32. The second-order valence-electron chi connectivity index (χ2n) is 2.75. The number of hydrogen-bond acceptors (Lipinski definition) is 1. The average Bonchev–Trinajstić information content (AvgIpc) is 2.02. The van der Waals surface area contributed by atoms with Crippen molar-refractivity contribution in [3.63, 3.8) is 0 Å². The molecule has 2 nitrogen and oxygen atoms in total. The predicted octanol–water partition coefficient (Wildman–Crippen LogP) is 2.91. The zero-order valence-corrected chi connectivity index (χ0v) is 7.76. The molecule has 0 radical (unpaired) electrons. The molecule has 1 aromatic carbocycles. The molecule has 0 amide bonds. The molecule has 1 aromatic rings. The number of carbonyl (C=O) groups is 1. The van der Waals surface area contributed by atoms with E-state index in [1.165, 1.54) is 18.2 Å². The summed E-state index contributed by atoms with van der Waals surface area (Å²) in [5.74, 6) is -4.99. The highest BCUT2D eigenvalue weighted by atomic mass is 35.5. The van der Waals surface area contributed by atoms with E-state index >= 15 is 0 Å². The lowest BCUT2D eigenvalue weighted by molar-refractivity contribution is -0.145. The van der Waals surface area contributed by atoms with Gasteiger partial charge in [0.25, 0.3) is 5.92 Å². The topological polar surface area (TPSA) is 37.3 Å². The van der Waals surface area contributed by atoms with Gasteiger partial charge in [0.05, 0.1) is 0 Å². The normalized spacial score (nSPS) is 11.4. The monoisotopic (exact) mass is 220 g/mol. The number of hydrogen-bond donors (Lipinski definition) is 1. The summed E-state index contributed by atoms with van der Waals surface area (Å²) >= 11 is 5.52. The molecule has 76 valence electrons. The van der Waals surface area contributed by atoms with Crippen molar-refractivity contribution in [3.05, 3.63) is 34.9 Å². The molecule has 0 heterocycles. The smallest absolute Gasteiger partial charge is 0.309 e. The van der Waals surface area contributed by atoms with E-state index < -0.39 is 23.9 Å². The van der Waals surface area contributed by atoms with Gasteiger partial charge in [-0.3, -0.25) is 4.79 Å². The summed E-state index contributed by atoms with van der Waals surface area (Å²) in [6.45, 7) is 0. The van der Waals surface area contributed by atoms with Crippen LogP contribution >= 0.6 is 11.6 Å². The van der Waals surface area contributed by atoms with Gasteiger partial charge < -0.3 is 5.11 Å².